The molecule has 1 heterocycles. The van der Waals surface area contributed by atoms with Crippen LogP contribution >= 0.6 is 0 Å². The summed E-state index contributed by atoms with van der Waals surface area (Å²) in [4.78, 5) is 0. The van der Waals surface area contributed by atoms with Crippen LogP contribution in [-0.2, 0) is 13.1 Å². The lowest BCUT2D eigenvalue weighted by Gasteiger charge is -2.06. The monoisotopic (exact) mass is 261 g/mol. The van der Waals surface area contributed by atoms with Crippen LogP contribution < -0.4 is 5.32 Å². The van der Waals surface area contributed by atoms with Crippen LogP contribution in [0.25, 0.3) is 0 Å². The molecule has 1 aromatic heterocycles. The molecule has 0 saturated heterocycles. The molecule has 0 bridgehead atoms. The predicted octanol–water partition coefficient (Wildman–Crippen LogP) is 2.80. The normalized spacial score (nSPS) is 10.9. The first-order valence-electron chi connectivity index (χ1n) is 6.59. The first-order valence-corrected chi connectivity index (χ1v) is 6.59. The molecule has 2 rings (SSSR count). The van der Waals surface area contributed by atoms with Gasteiger partial charge in [-0.3, -0.25) is 4.68 Å². The fourth-order valence-corrected chi connectivity index (χ4v) is 2.08. The number of rotatable bonds is 5. The van der Waals surface area contributed by atoms with Crippen LogP contribution in [0.3, 0.4) is 0 Å². The van der Waals surface area contributed by atoms with Crippen molar-refractivity contribution in [1.29, 1.82) is 0 Å². The van der Waals surface area contributed by atoms with E-state index in [-0.39, 0.29) is 5.82 Å². The third kappa shape index (κ3) is 3.41. The van der Waals surface area contributed by atoms with Crippen molar-refractivity contribution in [3.05, 3.63) is 52.6 Å². The Morgan fingerprint density at radius 2 is 2.05 bits per heavy atom. The van der Waals surface area contributed by atoms with Crippen LogP contribution in [0, 0.1) is 19.7 Å². The first-order chi connectivity index (χ1) is 9.10. The highest BCUT2D eigenvalue weighted by Gasteiger charge is 2.06. The number of nitrogens with one attached hydrogen (secondary N) is 1. The summed E-state index contributed by atoms with van der Waals surface area (Å²) in [6, 6.07) is 4.88. The lowest BCUT2D eigenvalue weighted by atomic mass is 10.1. The van der Waals surface area contributed by atoms with E-state index in [2.05, 4.69) is 23.5 Å². The molecule has 0 amide bonds. The number of aromatic nitrogens is 2. The molecule has 1 aromatic carbocycles. The Kier molecular flexibility index (Phi) is 4.32. The van der Waals surface area contributed by atoms with E-state index in [9.17, 15) is 4.39 Å². The molecule has 4 heteroatoms. The third-order valence-corrected chi connectivity index (χ3v) is 3.25. The molecular weight excluding hydrogens is 241 g/mol. The number of nitrogens with zero attached hydrogens (tertiary/aromatic N) is 2. The largest absolute Gasteiger partial charge is 0.313 e. The molecule has 0 fully saturated rings. The molecule has 19 heavy (non-hydrogen) atoms. The Morgan fingerprint density at radius 1 is 1.26 bits per heavy atom. The maximum atomic E-state index is 13.1. The topological polar surface area (TPSA) is 29.9 Å². The lowest BCUT2D eigenvalue weighted by molar-refractivity contribution is 0.622. The summed E-state index contributed by atoms with van der Waals surface area (Å²) in [5.74, 6) is -0.189. The summed E-state index contributed by atoms with van der Waals surface area (Å²) in [5.41, 5.74) is 4.31. The van der Waals surface area contributed by atoms with Gasteiger partial charge in [0.15, 0.2) is 0 Å². The molecule has 102 valence electrons. The molecule has 0 saturated carbocycles. The first kappa shape index (κ1) is 13.7. The van der Waals surface area contributed by atoms with Gasteiger partial charge in [-0.2, -0.15) is 5.10 Å². The second-order valence-electron chi connectivity index (χ2n) is 4.79. The molecule has 0 radical (unpaired) electrons. The van der Waals surface area contributed by atoms with Crippen molar-refractivity contribution < 1.29 is 4.39 Å². The van der Waals surface area contributed by atoms with Gasteiger partial charge in [0, 0.05) is 18.3 Å². The number of aryl methyl sites for hydroxylation is 2. The zero-order valence-corrected chi connectivity index (χ0v) is 11.7. The Labute approximate surface area is 113 Å². The second kappa shape index (κ2) is 5.97. The minimum absolute atomic E-state index is 0.189. The molecule has 0 aliphatic carbocycles. The van der Waals surface area contributed by atoms with Crippen molar-refractivity contribution in [2.75, 3.05) is 6.54 Å². The SMILES string of the molecule is CCNCc1cn(Cc2ccc(F)cc2C)nc1C. The average molecular weight is 261 g/mol. The predicted molar refractivity (Wildman–Crippen MR) is 74.6 cm³/mol. The van der Waals surface area contributed by atoms with Crippen molar-refractivity contribution >= 4 is 0 Å². The van der Waals surface area contributed by atoms with Crippen LogP contribution in [0.2, 0.25) is 0 Å². The van der Waals surface area contributed by atoms with Crippen LogP contribution in [0.5, 0.6) is 0 Å². The van der Waals surface area contributed by atoms with Crippen molar-refractivity contribution in [2.45, 2.75) is 33.9 Å². The van der Waals surface area contributed by atoms with Gasteiger partial charge in [0.05, 0.1) is 12.2 Å². The van der Waals surface area contributed by atoms with Gasteiger partial charge in [-0.15, -0.1) is 0 Å². The van der Waals surface area contributed by atoms with Gasteiger partial charge >= 0.3 is 0 Å². The average Bonchev–Trinajstić information content (AvgIpc) is 2.71. The van der Waals surface area contributed by atoms with Crippen molar-refractivity contribution in [3.8, 4) is 0 Å². The van der Waals surface area contributed by atoms with Gasteiger partial charge in [0.2, 0.25) is 0 Å². The smallest absolute Gasteiger partial charge is 0.123 e. The van der Waals surface area contributed by atoms with E-state index in [1.54, 1.807) is 6.07 Å². The highest BCUT2D eigenvalue weighted by atomic mass is 19.1. The molecule has 0 spiro atoms. The van der Waals surface area contributed by atoms with Crippen LogP contribution in [0.1, 0.15) is 29.3 Å². The molecule has 0 unspecified atom stereocenters. The molecule has 0 aliphatic rings. The molecule has 3 nitrogen and oxygen atoms in total. The minimum atomic E-state index is -0.189. The number of hydrogen-bond acceptors (Lipinski definition) is 2. The summed E-state index contributed by atoms with van der Waals surface area (Å²) in [5, 5.41) is 7.80. The van der Waals surface area contributed by atoms with E-state index in [1.807, 2.05) is 24.6 Å². The highest BCUT2D eigenvalue weighted by Crippen LogP contribution is 2.13. The fourth-order valence-electron chi connectivity index (χ4n) is 2.08. The van der Waals surface area contributed by atoms with Crippen molar-refractivity contribution in [3.63, 3.8) is 0 Å². The number of halogens is 1. The Bertz CT molecular complexity index is 561. The van der Waals surface area contributed by atoms with Gasteiger partial charge in [0.1, 0.15) is 5.82 Å². The number of hydrogen-bond donors (Lipinski definition) is 1. The lowest BCUT2D eigenvalue weighted by Crippen LogP contribution is -2.11. The Morgan fingerprint density at radius 3 is 2.74 bits per heavy atom. The van der Waals surface area contributed by atoms with Gasteiger partial charge in [0.25, 0.3) is 0 Å². The summed E-state index contributed by atoms with van der Waals surface area (Å²) >= 11 is 0. The van der Waals surface area contributed by atoms with E-state index in [0.29, 0.717) is 6.54 Å². The standard InChI is InChI=1S/C15H20FN3/c1-4-17-8-14-10-19(18-12(14)3)9-13-5-6-15(16)7-11(13)2/h5-7,10,17H,4,8-9H2,1-3H3. The van der Waals surface area contributed by atoms with Crippen LogP contribution in [-0.4, -0.2) is 16.3 Å². The maximum absolute atomic E-state index is 13.1. The third-order valence-electron chi connectivity index (χ3n) is 3.25. The van der Waals surface area contributed by atoms with E-state index < -0.39 is 0 Å². The quantitative estimate of drug-likeness (QED) is 0.897. The van der Waals surface area contributed by atoms with Gasteiger partial charge < -0.3 is 5.32 Å². The maximum Gasteiger partial charge on any atom is 0.123 e. The van der Waals surface area contributed by atoms with Gasteiger partial charge in [-0.05, 0) is 43.7 Å². The summed E-state index contributed by atoms with van der Waals surface area (Å²) in [6.07, 6.45) is 2.06. The zero-order chi connectivity index (χ0) is 13.8. The van der Waals surface area contributed by atoms with E-state index >= 15 is 0 Å². The molecule has 0 aliphatic heterocycles. The zero-order valence-electron chi connectivity index (χ0n) is 11.7. The van der Waals surface area contributed by atoms with E-state index in [0.717, 1.165) is 29.9 Å². The van der Waals surface area contributed by atoms with E-state index in [4.69, 9.17) is 0 Å². The Hall–Kier alpha value is -1.68. The van der Waals surface area contributed by atoms with Crippen molar-refractivity contribution in [2.24, 2.45) is 0 Å². The molecule has 2 aromatic rings. The van der Waals surface area contributed by atoms with E-state index in [1.165, 1.54) is 11.6 Å². The highest BCUT2D eigenvalue weighted by molar-refractivity contribution is 5.27. The summed E-state index contributed by atoms with van der Waals surface area (Å²) in [7, 11) is 0. The molecule has 1 N–H and O–H groups in total. The summed E-state index contributed by atoms with van der Waals surface area (Å²) < 4.78 is 15.0. The van der Waals surface area contributed by atoms with Gasteiger partial charge in [-0.25, -0.2) is 4.39 Å². The minimum Gasteiger partial charge on any atom is -0.313 e. The van der Waals surface area contributed by atoms with Crippen LogP contribution in [0.4, 0.5) is 4.39 Å². The fraction of sp³-hybridized carbons (Fsp3) is 0.400. The Balaban J connectivity index is 2.14. The summed E-state index contributed by atoms with van der Waals surface area (Å²) in [6.45, 7) is 8.49. The van der Waals surface area contributed by atoms with Crippen molar-refractivity contribution in [1.82, 2.24) is 15.1 Å². The molecular formula is C15H20FN3. The van der Waals surface area contributed by atoms with Crippen LogP contribution in [0.15, 0.2) is 24.4 Å². The van der Waals surface area contributed by atoms with Gasteiger partial charge in [-0.1, -0.05) is 13.0 Å². The number of benzene rings is 1. The second-order valence-corrected chi connectivity index (χ2v) is 4.79. The molecule has 0 atom stereocenters.